The number of amides is 1. The zero-order valence-corrected chi connectivity index (χ0v) is 17.3. The summed E-state index contributed by atoms with van der Waals surface area (Å²) in [5.41, 5.74) is 10.7. The molecule has 0 fully saturated rings. The van der Waals surface area contributed by atoms with Crippen LogP contribution in [0.5, 0.6) is 0 Å². The Bertz CT molecular complexity index is 991. The molecule has 1 heterocycles. The summed E-state index contributed by atoms with van der Waals surface area (Å²) in [6.07, 6.45) is 1.92. The lowest BCUT2D eigenvalue weighted by atomic mass is 9.90. The van der Waals surface area contributed by atoms with Crippen molar-refractivity contribution in [3.63, 3.8) is 0 Å². The number of anilines is 2. The number of nitrogen functional groups attached to an aromatic ring is 1. The predicted octanol–water partition coefficient (Wildman–Crippen LogP) is 5.63. The van der Waals surface area contributed by atoms with Gasteiger partial charge < -0.3 is 11.1 Å². The number of benzene rings is 2. The molecule has 3 N–H and O–H groups in total. The SMILES string of the molecule is CC(C)(C)Cc1cc(N)c2cc(NC(=O)CCc3ccc(Cl)cc3)ccc2n1. The molecule has 0 aliphatic heterocycles. The van der Waals surface area contributed by atoms with E-state index in [1.807, 2.05) is 48.5 Å². The van der Waals surface area contributed by atoms with Crippen LogP contribution in [-0.4, -0.2) is 10.9 Å². The number of hydrogen-bond acceptors (Lipinski definition) is 3. The van der Waals surface area contributed by atoms with E-state index in [9.17, 15) is 4.79 Å². The molecule has 0 bridgehead atoms. The second-order valence-corrected chi connectivity index (χ2v) is 8.78. The normalized spacial score (nSPS) is 11.6. The first kappa shape index (κ1) is 20.2. The first-order valence-electron chi connectivity index (χ1n) is 9.43. The van der Waals surface area contributed by atoms with Crippen LogP contribution in [0.15, 0.2) is 48.5 Å². The van der Waals surface area contributed by atoms with Gasteiger partial charge >= 0.3 is 0 Å². The van der Waals surface area contributed by atoms with Crippen LogP contribution in [0.25, 0.3) is 10.9 Å². The van der Waals surface area contributed by atoms with E-state index in [0.29, 0.717) is 23.6 Å². The molecule has 3 rings (SSSR count). The minimum absolute atomic E-state index is 0.0369. The van der Waals surface area contributed by atoms with E-state index in [0.717, 1.165) is 34.3 Å². The average molecular weight is 396 g/mol. The van der Waals surface area contributed by atoms with Crippen molar-refractivity contribution in [2.24, 2.45) is 5.41 Å². The smallest absolute Gasteiger partial charge is 0.224 e. The van der Waals surface area contributed by atoms with Gasteiger partial charge in [-0.25, -0.2) is 0 Å². The molecule has 0 radical (unpaired) electrons. The third kappa shape index (κ3) is 5.46. The third-order valence-electron chi connectivity index (χ3n) is 4.44. The molecular formula is C23H26ClN3O. The van der Waals surface area contributed by atoms with Crippen molar-refractivity contribution < 1.29 is 4.79 Å². The standard InChI is InChI=1S/C23H26ClN3O/c1-23(2,3)14-18-13-20(25)19-12-17(9-10-21(19)26-18)27-22(28)11-6-15-4-7-16(24)8-5-15/h4-5,7-10,12-13H,6,11,14H2,1-3H3,(H2,25,26)(H,27,28). The van der Waals surface area contributed by atoms with Crippen molar-refractivity contribution in [2.45, 2.75) is 40.0 Å². The minimum atomic E-state index is -0.0369. The number of aromatic nitrogens is 1. The number of nitrogens with two attached hydrogens (primary N) is 1. The lowest BCUT2D eigenvalue weighted by Crippen LogP contribution is -2.13. The van der Waals surface area contributed by atoms with Crippen molar-refractivity contribution in [3.05, 3.63) is 64.8 Å². The summed E-state index contributed by atoms with van der Waals surface area (Å²) >= 11 is 5.89. The topological polar surface area (TPSA) is 68.0 Å². The number of rotatable bonds is 5. The lowest BCUT2D eigenvalue weighted by Gasteiger charge is -2.18. The summed E-state index contributed by atoms with van der Waals surface area (Å²) in [6.45, 7) is 6.53. The van der Waals surface area contributed by atoms with Crippen LogP contribution < -0.4 is 11.1 Å². The number of carbonyl (C=O) groups is 1. The summed E-state index contributed by atoms with van der Waals surface area (Å²) < 4.78 is 0. The zero-order valence-electron chi connectivity index (χ0n) is 16.6. The predicted molar refractivity (Wildman–Crippen MR) is 118 cm³/mol. The number of pyridine rings is 1. The maximum atomic E-state index is 12.3. The summed E-state index contributed by atoms with van der Waals surface area (Å²) in [4.78, 5) is 17.0. The molecule has 3 aromatic rings. The molecule has 0 unspecified atom stereocenters. The molecule has 2 aromatic carbocycles. The van der Waals surface area contributed by atoms with Gasteiger partial charge in [0.05, 0.1) is 5.52 Å². The first-order valence-corrected chi connectivity index (χ1v) is 9.81. The Morgan fingerprint density at radius 2 is 1.82 bits per heavy atom. The molecule has 0 saturated carbocycles. The Morgan fingerprint density at radius 3 is 2.50 bits per heavy atom. The van der Waals surface area contributed by atoms with Gasteiger partial charge in [-0.1, -0.05) is 44.5 Å². The van der Waals surface area contributed by atoms with E-state index in [-0.39, 0.29) is 11.3 Å². The molecule has 0 atom stereocenters. The third-order valence-corrected chi connectivity index (χ3v) is 4.69. The fraction of sp³-hybridized carbons (Fsp3) is 0.304. The molecule has 1 amide bonds. The highest BCUT2D eigenvalue weighted by Gasteiger charge is 2.14. The summed E-state index contributed by atoms with van der Waals surface area (Å²) in [7, 11) is 0. The van der Waals surface area contributed by atoms with Crippen molar-refractivity contribution >= 4 is 39.8 Å². The Hall–Kier alpha value is -2.59. The summed E-state index contributed by atoms with van der Waals surface area (Å²) in [5.74, 6) is -0.0369. The molecular weight excluding hydrogens is 370 g/mol. The molecule has 146 valence electrons. The maximum absolute atomic E-state index is 12.3. The van der Waals surface area contributed by atoms with Crippen LogP contribution in [0.4, 0.5) is 11.4 Å². The maximum Gasteiger partial charge on any atom is 0.224 e. The van der Waals surface area contributed by atoms with Gasteiger partial charge in [-0.05, 0) is 60.2 Å². The van der Waals surface area contributed by atoms with Gasteiger partial charge in [-0.3, -0.25) is 9.78 Å². The average Bonchev–Trinajstić information content (AvgIpc) is 2.60. The Morgan fingerprint density at radius 1 is 1.11 bits per heavy atom. The van der Waals surface area contributed by atoms with Crippen molar-refractivity contribution in [1.82, 2.24) is 4.98 Å². The monoisotopic (exact) mass is 395 g/mol. The second-order valence-electron chi connectivity index (χ2n) is 8.35. The van der Waals surface area contributed by atoms with Crippen LogP contribution in [0.3, 0.4) is 0 Å². The van der Waals surface area contributed by atoms with Crippen molar-refractivity contribution in [1.29, 1.82) is 0 Å². The summed E-state index contributed by atoms with van der Waals surface area (Å²) in [5, 5.41) is 4.50. The van der Waals surface area contributed by atoms with Gasteiger partial charge in [0.1, 0.15) is 0 Å². The second kappa shape index (κ2) is 8.19. The number of fused-ring (bicyclic) bond motifs is 1. The fourth-order valence-electron chi connectivity index (χ4n) is 3.15. The van der Waals surface area contributed by atoms with E-state index in [2.05, 4.69) is 26.1 Å². The van der Waals surface area contributed by atoms with Gasteiger partial charge in [0.15, 0.2) is 0 Å². The number of aryl methyl sites for hydroxylation is 1. The van der Waals surface area contributed by atoms with Crippen molar-refractivity contribution in [3.8, 4) is 0 Å². The van der Waals surface area contributed by atoms with E-state index >= 15 is 0 Å². The summed E-state index contributed by atoms with van der Waals surface area (Å²) in [6, 6.07) is 15.1. The van der Waals surface area contributed by atoms with E-state index in [1.54, 1.807) is 0 Å². The molecule has 0 saturated heterocycles. The number of nitrogens with zero attached hydrogens (tertiary/aromatic N) is 1. The zero-order chi connectivity index (χ0) is 20.3. The quantitative estimate of drug-likeness (QED) is 0.588. The van der Waals surface area contributed by atoms with E-state index in [1.165, 1.54) is 0 Å². The highest BCUT2D eigenvalue weighted by Crippen LogP contribution is 2.27. The number of hydrogen-bond donors (Lipinski definition) is 2. The first-order chi connectivity index (χ1) is 13.2. The number of nitrogens with one attached hydrogen (secondary N) is 1. The Balaban J connectivity index is 1.69. The van der Waals surface area contributed by atoms with Gasteiger partial charge in [-0.2, -0.15) is 0 Å². The molecule has 0 aliphatic carbocycles. The molecule has 4 nitrogen and oxygen atoms in total. The van der Waals surface area contributed by atoms with Gasteiger partial charge in [0.2, 0.25) is 5.91 Å². The van der Waals surface area contributed by atoms with Crippen LogP contribution >= 0.6 is 11.6 Å². The van der Waals surface area contributed by atoms with Crippen LogP contribution in [0, 0.1) is 5.41 Å². The molecule has 0 aliphatic rings. The minimum Gasteiger partial charge on any atom is -0.398 e. The van der Waals surface area contributed by atoms with Crippen LogP contribution in [0.2, 0.25) is 5.02 Å². The van der Waals surface area contributed by atoms with E-state index in [4.69, 9.17) is 22.3 Å². The molecule has 5 heteroatoms. The van der Waals surface area contributed by atoms with Gasteiger partial charge in [-0.15, -0.1) is 0 Å². The van der Waals surface area contributed by atoms with Gasteiger partial charge in [0.25, 0.3) is 0 Å². The van der Waals surface area contributed by atoms with Crippen LogP contribution in [0.1, 0.15) is 38.4 Å². The Kier molecular flexibility index (Phi) is 5.90. The van der Waals surface area contributed by atoms with Crippen molar-refractivity contribution in [2.75, 3.05) is 11.1 Å². The molecule has 1 aromatic heterocycles. The fourth-order valence-corrected chi connectivity index (χ4v) is 3.28. The largest absolute Gasteiger partial charge is 0.398 e. The van der Waals surface area contributed by atoms with Gasteiger partial charge in [0, 0.05) is 33.9 Å². The number of carbonyl (C=O) groups excluding carboxylic acids is 1. The Labute approximate surface area is 171 Å². The van der Waals surface area contributed by atoms with Crippen LogP contribution in [-0.2, 0) is 17.6 Å². The number of halogens is 1. The van der Waals surface area contributed by atoms with E-state index < -0.39 is 0 Å². The molecule has 28 heavy (non-hydrogen) atoms. The highest BCUT2D eigenvalue weighted by molar-refractivity contribution is 6.30. The lowest BCUT2D eigenvalue weighted by molar-refractivity contribution is -0.116. The molecule has 0 spiro atoms. The highest BCUT2D eigenvalue weighted by atomic mass is 35.5.